The first-order valence-corrected chi connectivity index (χ1v) is 9.40. The Hall–Kier alpha value is -2.55. The molecule has 3 aromatic rings. The van der Waals surface area contributed by atoms with Gasteiger partial charge in [0, 0.05) is 13.2 Å². The Morgan fingerprint density at radius 1 is 1.14 bits per heavy atom. The minimum atomic E-state index is -0.505. The van der Waals surface area contributed by atoms with Crippen LogP contribution in [0.15, 0.2) is 36.4 Å². The molecule has 0 unspecified atom stereocenters. The first-order chi connectivity index (χ1) is 13.6. The molecule has 3 N–H and O–H groups in total. The number of hydrogen-bond acceptors (Lipinski definition) is 4. The van der Waals surface area contributed by atoms with Crippen LogP contribution in [0.1, 0.15) is 28.4 Å². The zero-order chi connectivity index (χ0) is 19.9. The van der Waals surface area contributed by atoms with Crippen molar-refractivity contribution in [3.63, 3.8) is 0 Å². The van der Waals surface area contributed by atoms with Gasteiger partial charge in [-0.2, -0.15) is 0 Å². The zero-order valence-corrected chi connectivity index (χ0v) is 16.3. The van der Waals surface area contributed by atoms with Crippen molar-refractivity contribution in [3.8, 4) is 0 Å². The number of aromatic nitrogens is 2. The van der Waals surface area contributed by atoms with Crippen LogP contribution in [0.25, 0.3) is 11.0 Å². The van der Waals surface area contributed by atoms with Gasteiger partial charge in [0.15, 0.2) is 4.77 Å². The highest BCUT2D eigenvalue weighted by Gasteiger charge is 2.14. The van der Waals surface area contributed by atoms with Crippen LogP contribution in [0, 0.1) is 10.6 Å². The van der Waals surface area contributed by atoms with Crippen LogP contribution in [0.2, 0.25) is 0 Å². The third-order valence-corrected chi connectivity index (χ3v) is 4.33. The van der Waals surface area contributed by atoms with Gasteiger partial charge in [-0.15, -0.1) is 0 Å². The van der Waals surface area contributed by atoms with Gasteiger partial charge in [-0.1, -0.05) is 24.3 Å². The van der Waals surface area contributed by atoms with E-state index in [1.54, 1.807) is 0 Å². The van der Waals surface area contributed by atoms with Crippen molar-refractivity contribution >= 4 is 29.2 Å². The molecule has 3 rings (SSSR count). The number of ether oxygens (including phenoxy) is 2. The second-order valence-electron chi connectivity index (χ2n) is 6.21. The number of hydrogen-bond donors (Lipinski definition) is 3. The molecule has 2 aromatic carbocycles. The molecule has 1 amide bonds. The molecule has 0 bridgehead atoms. The molecule has 0 saturated heterocycles. The van der Waals surface area contributed by atoms with Crippen molar-refractivity contribution < 1.29 is 18.7 Å². The van der Waals surface area contributed by atoms with E-state index >= 15 is 0 Å². The molecular weight excluding hydrogens is 381 g/mol. The van der Waals surface area contributed by atoms with Gasteiger partial charge >= 0.3 is 0 Å². The third-order valence-electron chi connectivity index (χ3n) is 4.12. The quantitative estimate of drug-likeness (QED) is 0.375. The summed E-state index contributed by atoms with van der Waals surface area (Å²) in [6.07, 6.45) is 0. The fourth-order valence-electron chi connectivity index (χ4n) is 2.85. The molecule has 148 valence electrons. The molecule has 8 heteroatoms. The molecule has 1 heterocycles. The summed E-state index contributed by atoms with van der Waals surface area (Å²) >= 11 is 5.03. The van der Waals surface area contributed by atoms with Crippen molar-refractivity contribution in [2.45, 2.75) is 20.1 Å². The van der Waals surface area contributed by atoms with Crippen molar-refractivity contribution in [2.75, 3.05) is 19.8 Å². The van der Waals surface area contributed by atoms with Crippen LogP contribution in [0.5, 0.6) is 0 Å². The SMILES string of the molecule is CCOCCOCc1cccc(CNC(=O)c2cc(F)cc3[nH]c(=S)[nH]c23)c1. The Balaban J connectivity index is 1.62. The predicted molar refractivity (Wildman–Crippen MR) is 107 cm³/mol. The summed E-state index contributed by atoms with van der Waals surface area (Å²) in [6.45, 7) is 4.49. The van der Waals surface area contributed by atoms with Gasteiger partial charge in [-0.3, -0.25) is 4.79 Å². The summed E-state index contributed by atoms with van der Waals surface area (Å²) in [7, 11) is 0. The summed E-state index contributed by atoms with van der Waals surface area (Å²) in [6, 6.07) is 10.2. The number of benzene rings is 2. The first-order valence-electron chi connectivity index (χ1n) is 9.00. The second kappa shape index (κ2) is 9.59. The largest absolute Gasteiger partial charge is 0.379 e. The molecule has 0 radical (unpaired) electrons. The standard InChI is InChI=1S/C20H22FN3O3S/c1-2-26-6-7-27-12-14-5-3-4-13(8-14)11-22-19(25)16-9-15(21)10-17-18(16)24-20(28)23-17/h3-5,8-10H,2,6-7,11-12H2,1H3,(H,22,25)(H2,23,24,28). The number of rotatable bonds is 9. The Labute approximate surface area is 167 Å². The Morgan fingerprint density at radius 3 is 2.75 bits per heavy atom. The number of fused-ring (bicyclic) bond motifs is 1. The van der Waals surface area contributed by atoms with E-state index in [0.717, 1.165) is 11.1 Å². The number of amides is 1. The Morgan fingerprint density at radius 2 is 1.93 bits per heavy atom. The normalized spacial score (nSPS) is 11.1. The predicted octanol–water partition coefficient (Wildman–Crippen LogP) is 3.85. The van der Waals surface area contributed by atoms with Crippen molar-refractivity contribution in [2.24, 2.45) is 0 Å². The molecule has 0 aliphatic carbocycles. The molecule has 0 fully saturated rings. The minimum absolute atomic E-state index is 0.206. The number of imidazole rings is 1. The van der Waals surface area contributed by atoms with Gasteiger partial charge in [-0.05, 0) is 42.4 Å². The van der Waals surface area contributed by atoms with E-state index in [0.29, 0.717) is 48.8 Å². The van der Waals surface area contributed by atoms with Crippen LogP contribution in [0.3, 0.4) is 0 Å². The number of carbonyl (C=O) groups excluding carboxylic acids is 1. The lowest BCUT2D eigenvalue weighted by atomic mass is 10.1. The lowest BCUT2D eigenvalue weighted by Crippen LogP contribution is -2.23. The van der Waals surface area contributed by atoms with Crippen LogP contribution < -0.4 is 5.32 Å². The van der Waals surface area contributed by atoms with Gasteiger partial charge < -0.3 is 24.8 Å². The van der Waals surface area contributed by atoms with Crippen LogP contribution >= 0.6 is 12.2 Å². The van der Waals surface area contributed by atoms with E-state index in [4.69, 9.17) is 21.7 Å². The van der Waals surface area contributed by atoms with Crippen molar-refractivity contribution in [3.05, 3.63) is 63.7 Å². The van der Waals surface area contributed by atoms with Crippen LogP contribution in [0.4, 0.5) is 4.39 Å². The average Bonchev–Trinajstić information content (AvgIpc) is 3.05. The first kappa shape index (κ1) is 20.2. The summed E-state index contributed by atoms with van der Waals surface area (Å²) in [5.74, 6) is -0.887. The molecule has 0 saturated carbocycles. The summed E-state index contributed by atoms with van der Waals surface area (Å²) in [5.41, 5.74) is 3.08. The molecule has 28 heavy (non-hydrogen) atoms. The number of aromatic amines is 2. The van der Waals surface area contributed by atoms with E-state index in [1.807, 2.05) is 31.2 Å². The molecular formula is C20H22FN3O3S. The van der Waals surface area contributed by atoms with Gasteiger partial charge in [0.1, 0.15) is 5.82 Å². The number of H-pyrrole nitrogens is 2. The number of halogens is 1. The van der Waals surface area contributed by atoms with E-state index in [1.165, 1.54) is 12.1 Å². The van der Waals surface area contributed by atoms with Crippen molar-refractivity contribution in [1.29, 1.82) is 0 Å². The number of carbonyl (C=O) groups is 1. The number of nitrogens with one attached hydrogen (secondary N) is 3. The van der Waals surface area contributed by atoms with E-state index in [9.17, 15) is 9.18 Å². The van der Waals surface area contributed by atoms with E-state index in [2.05, 4.69) is 15.3 Å². The molecule has 0 spiro atoms. The Kier molecular flexibility index (Phi) is 6.91. The maximum atomic E-state index is 13.8. The average molecular weight is 403 g/mol. The van der Waals surface area contributed by atoms with Crippen molar-refractivity contribution in [1.82, 2.24) is 15.3 Å². The second-order valence-corrected chi connectivity index (χ2v) is 6.62. The highest BCUT2D eigenvalue weighted by Crippen LogP contribution is 2.18. The summed E-state index contributed by atoms with van der Waals surface area (Å²) < 4.78 is 24.9. The van der Waals surface area contributed by atoms with Gasteiger partial charge in [-0.25, -0.2) is 4.39 Å². The van der Waals surface area contributed by atoms with Gasteiger partial charge in [0.25, 0.3) is 5.91 Å². The monoisotopic (exact) mass is 403 g/mol. The molecule has 0 atom stereocenters. The van der Waals surface area contributed by atoms with Gasteiger partial charge in [0.05, 0.1) is 36.4 Å². The summed E-state index contributed by atoms with van der Waals surface area (Å²) in [5, 5.41) is 2.82. The van der Waals surface area contributed by atoms with E-state index in [-0.39, 0.29) is 11.5 Å². The maximum Gasteiger partial charge on any atom is 0.253 e. The molecule has 6 nitrogen and oxygen atoms in total. The smallest absolute Gasteiger partial charge is 0.253 e. The fourth-order valence-corrected chi connectivity index (χ4v) is 3.06. The fraction of sp³-hybridized carbons (Fsp3) is 0.300. The molecule has 1 aromatic heterocycles. The maximum absolute atomic E-state index is 13.8. The molecule has 0 aliphatic heterocycles. The lowest BCUT2D eigenvalue weighted by molar-refractivity contribution is 0.0453. The Bertz CT molecular complexity index is 1020. The minimum Gasteiger partial charge on any atom is -0.379 e. The highest BCUT2D eigenvalue weighted by molar-refractivity contribution is 7.71. The third kappa shape index (κ3) is 5.25. The zero-order valence-electron chi connectivity index (χ0n) is 15.5. The lowest BCUT2D eigenvalue weighted by Gasteiger charge is -2.09. The van der Waals surface area contributed by atoms with Gasteiger partial charge in [0.2, 0.25) is 0 Å². The van der Waals surface area contributed by atoms with E-state index < -0.39 is 5.82 Å². The molecule has 0 aliphatic rings. The topological polar surface area (TPSA) is 79.1 Å². The highest BCUT2D eigenvalue weighted by atomic mass is 32.1. The summed E-state index contributed by atoms with van der Waals surface area (Å²) in [4.78, 5) is 18.3. The van der Waals surface area contributed by atoms with Crippen LogP contribution in [-0.2, 0) is 22.6 Å². The van der Waals surface area contributed by atoms with Crippen LogP contribution in [-0.4, -0.2) is 35.7 Å².